The Bertz CT molecular complexity index is 19.0. The van der Waals surface area contributed by atoms with Crippen molar-refractivity contribution in [2.75, 3.05) is 0 Å². The fourth-order valence-electron chi connectivity index (χ4n) is 0. The smallest absolute Gasteiger partial charge is 0.870 e. The van der Waals surface area contributed by atoms with E-state index < -0.39 is 0 Å². The van der Waals surface area contributed by atoms with Crippen LogP contribution in [0.1, 0.15) is 0 Å². The van der Waals surface area contributed by atoms with Gasteiger partial charge in [-0.15, -0.1) is 0 Å². The molecule has 0 heterocycles. The van der Waals surface area contributed by atoms with E-state index in [0.717, 1.165) is 0 Å². The van der Waals surface area contributed by atoms with Gasteiger partial charge in [0.2, 0.25) is 0 Å². The van der Waals surface area contributed by atoms with E-state index in [4.69, 9.17) is 0 Å². The largest absolute Gasteiger partial charge is 3.00 e. The second-order valence-corrected chi connectivity index (χ2v) is 0. The first-order valence-corrected chi connectivity index (χ1v) is 0. The molecule has 0 unspecified atom stereocenters. The molecule has 8 N–H and O–H groups in total. The third kappa shape index (κ3) is 314. The molecule has 0 aliphatic rings. The SMILES string of the molecule is [Al+3].[Co+2].[Na+].[Ni+2].[OH-].[OH-].[OH-].[OH-].[OH-].[OH-].[OH-].[OH-]. The van der Waals surface area contributed by atoms with Crippen LogP contribution >= 0.6 is 0 Å². The fourth-order valence-corrected chi connectivity index (χ4v) is 0. The van der Waals surface area contributed by atoms with Crippen LogP contribution in [0.5, 0.6) is 0 Å². The van der Waals surface area contributed by atoms with Gasteiger partial charge in [-0.1, -0.05) is 0 Å². The molecule has 0 aromatic rings. The van der Waals surface area contributed by atoms with Crippen LogP contribution in [0.2, 0.25) is 0 Å². The molecule has 1 radical (unpaired) electrons. The van der Waals surface area contributed by atoms with E-state index in [1.165, 1.54) is 0 Å². The topological polar surface area (TPSA) is 240 Å². The first-order chi connectivity index (χ1) is 0. The molecule has 0 spiro atoms. The molecule has 0 aromatic heterocycles. The van der Waals surface area contributed by atoms with Crippen LogP contribution in [0.15, 0.2) is 0 Å². The predicted molar refractivity (Wildman–Crippen MR) is 21.2 cm³/mol. The Kier molecular flexibility index (Phi) is 17000. The summed E-state index contributed by atoms with van der Waals surface area (Å²) in [7, 11) is 0. The van der Waals surface area contributed by atoms with Gasteiger partial charge in [0, 0.05) is 0 Å². The van der Waals surface area contributed by atoms with Gasteiger partial charge in [-0.05, 0) is 0 Å². The molecule has 0 aliphatic heterocycles. The Labute approximate surface area is 123 Å². The summed E-state index contributed by atoms with van der Waals surface area (Å²) in [6, 6.07) is 0. The summed E-state index contributed by atoms with van der Waals surface area (Å²) in [5, 5.41) is 0. The van der Waals surface area contributed by atoms with Gasteiger partial charge in [-0.3, -0.25) is 0 Å². The third-order valence-corrected chi connectivity index (χ3v) is 0. The zero-order valence-corrected chi connectivity index (χ0v) is 11.0. The standard InChI is InChI=1S/Al.Co.Na.Ni.8H2O/h;;;;8*1H2/q+3;+2;+1;+2;;;;;;;;/p-8. The van der Waals surface area contributed by atoms with Crippen molar-refractivity contribution < 1.29 is 107 Å². The maximum absolute atomic E-state index is 0. The summed E-state index contributed by atoms with van der Waals surface area (Å²) in [4.78, 5) is 0. The Morgan fingerprint density at radius 3 is 0.417 bits per heavy atom. The molecule has 12 heteroatoms. The third-order valence-electron chi connectivity index (χ3n) is 0. The van der Waals surface area contributed by atoms with Gasteiger partial charge in [0.25, 0.3) is 0 Å². The molecular formula is H8AlCoNaNiO8. The van der Waals surface area contributed by atoms with Crippen LogP contribution in [0.25, 0.3) is 0 Å². The first kappa shape index (κ1) is 507. The summed E-state index contributed by atoms with van der Waals surface area (Å²) in [5.74, 6) is 0. The molecule has 0 bridgehead atoms. The van der Waals surface area contributed by atoms with Gasteiger partial charge in [0.15, 0.2) is 0 Å². The van der Waals surface area contributed by atoms with Crippen LogP contribution in [0.4, 0.5) is 0 Å². The molecule has 0 aromatic carbocycles. The summed E-state index contributed by atoms with van der Waals surface area (Å²) in [6.07, 6.45) is 0. The van der Waals surface area contributed by atoms with Crippen LogP contribution in [0.3, 0.4) is 0 Å². The Morgan fingerprint density at radius 2 is 0.417 bits per heavy atom. The van der Waals surface area contributed by atoms with Crippen molar-refractivity contribution in [2.45, 2.75) is 0 Å². The normalized spacial score (nSPS) is 0. The van der Waals surface area contributed by atoms with E-state index in [1.807, 2.05) is 0 Å². The second kappa shape index (κ2) is 403. The van der Waals surface area contributed by atoms with Crippen LogP contribution < -0.4 is 29.6 Å². The van der Waals surface area contributed by atoms with Crippen LogP contribution in [-0.4, -0.2) is 61.2 Å². The van der Waals surface area contributed by atoms with Crippen molar-refractivity contribution in [3.05, 3.63) is 0 Å². The molecule has 0 fully saturated rings. The minimum absolute atomic E-state index is 0. The molecule has 0 saturated carbocycles. The average Bonchev–Trinajstić information content (AvgIpc) is 0. The molecule has 12 heavy (non-hydrogen) atoms. The van der Waals surface area contributed by atoms with Gasteiger partial charge in [0.05, 0.1) is 0 Å². The maximum Gasteiger partial charge on any atom is 3.00 e. The minimum atomic E-state index is 0. The van der Waals surface area contributed by atoms with E-state index in [2.05, 4.69) is 0 Å². The zero-order valence-electron chi connectivity index (χ0n) is 5.80. The minimum Gasteiger partial charge on any atom is -0.870 e. The summed E-state index contributed by atoms with van der Waals surface area (Å²) < 4.78 is 0. The Hall–Kier alpha value is 2.21. The molecule has 0 atom stereocenters. The van der Waals surface area contributed by atoms with Crippen LogP contribution in [-0.2, 0) is 33.3 Å². The van der Waals surface area contributed by atoms with Crippen molar-refractivity contribution in [1.82, 2.24) is 0 Å². The van der Waals surface area contributed by atoms with E-state index in [0.29, 0.717) is 0 Å². The summed E-state index contributed by atoms with van der Waals surface area (Å²) in [5.41, 5.74) is 0. The van der Waals surface area contributed by atoms with Crippen molar-refractivity contribution in [1.29, 1.82) is 0 Å². The number of hydrogen-bond donors (Lipinski definition) is 0. The van der Waals surface area contributed by atoms with Crippen molar-refractivity contribution in [3.63, 3.8) is 0 Å². The number of hydrogen-bond acceptors (Lipinski definition) is 8. The molecule has 0 rings (SSSR count). The van der Waals surface area contributed by atoms with Crippen molar-refractivity contribution in [3.8, 4) is 0 Å². The van der Waals surface area contributed by atoms with Gasteiger partial charge in [0.1, 0.15) is 0 Å². The van der Waals surface area contributed by atoms with Crippen LogP contribution in [0, 0.1) is 0 Å². The van der Waals surface area contributed by atoms with Gasteiger partial charge >= 0.3 is 80.2 Å². The summed E-state index contributed by atoms with van der Waals surface area (Å²) >= 11 is 0. The summed E-state index contributed by atoms with van der Waals surface area (Å²) in [6.45, 7) is 0. The van der Waals surface area contributed by atoms with Gasteiger partial charge < -0.3 is 43.8 Å². The Balaban J connectivity index is 0. The maximum atomic E-state index is 0. The molecule has 79 valence electrons. The molecule has 0 amide bonds. The average molecular weight is 304 g/mol. The van der Waals surface area contributed by atoms with Gasteiger partial charge in [-0.2, -0.15) is 0 Å². The molecule has 8 nitrogen and oxygen atoms in total. The van der Waals surface area contributed by atoms with Crippen molar-refractivity contribution >= 4 is 17.4 Å². The van der Waals surface area contributed by atoms with Crippen molar-refractivity contribution in [2.24, 2.45) is 0 Å². The fraction of sp³-hybridized carbons (Fsp3) is 0. The van der Waals surface area contributed by atoms with E-state index in [9.17, 15) is 0 Å². The molecule has 0 saturated heterocycles. The number of rotatable bonds is 0. The quantitative estimate of drug-likeness (QED) is 0.392. The Morgan fingerprint density at radius 1 is 0.417 bits per heavy atom. The van der Waals surface area contributed by atoms with Gasteiger partial charge in [-0.25, -0.2) is 0 Å². The first-order valence-electron chi connectivity index (χ1n) is 0. The second-order valence-electron chi connectivity index (χ2n) is 0. The van der Waals surface area contributed by atoms with E-state index in [-0.39, 0.29) is 124 Å². The monoisotopic (exact) mass is 303 g/mol. The molecule has 0 aliphatic carbocycles. The molecular weight excluding hydrogens is 296 g/mol. The van der Waals surface area contributed by atoms with E-state index in [1.54, 1.807) is 0 Å². The zero-order chi connectivity index (χ0) is 0. The van der Waals surface area contributed by atoms with E-state index >= 15 is 0 Å². The predicted octanol–water partition coefficient (Wildman–Crippen LogP) is -4.80.